The zero-order chi connectivity index (χ0) is 11.9. The normalized spacial score (nSPS) is 9.41. The van der Waals surface area contributed by atoms with Crippen LogP contribution < -0.4 is 4.74 Å². The van der Waals surface area contributed by atoms with Crippen LogP contribution in [0.2, 0.25) is 0 Å². The smallest absolute Gasteiger partial charge is 0.130 e. The lowest BCUT2D eigenvalue weighted by molar-refractivity contribution is 0.302. The van der Waals surface area contributed by atoms with Gasteiger partial charge in [-0.3, -0.25) is 4.98 Å². The van der Waals surface area contributed by atoms with Gasteiger partial charge in [0.2, 0.25) is 0 Å². The van der Waals surface area contributed by atoms with Crippen LogP contribution in [0.3, 0.4) is 0 Å². The van der Waals surface area contributed by atoms with Crippen LogP contribution in [0.25, 0.3) is 10.4 Å². The van der Waals surface area contributed by atoms with Gasteiger partial charge in [-0.1, -0.05) is 23.3 Å². The minimum Gasteiger partial charge on any atom is -0.487 e. The van der Waals surface area contributed by atoms with E-state index in [1.165, 1.54) is 0 Å². The molecule has 1 aromatic heterocycles. The fourth-order valence-corrected chi connectivity index (χ4v) is 1.35. The third-order valence-corrected chi connectivity index (χ3v) is 2.12. The Labute approximate surface area is 98.3 Å². The maximum Gasteiger partial charge on any atom is 0.130 e. The largest absolute Gasteiger partial charge is 0.487 e. The molecule has 2 rings (SSSR count). The highest BCUT2D eigenvalue weighted by Crippen LogP contribution is 2.27. The maximum absolute atomic E-state index is 8.42. The first-order valence-electron chi connectivity index (χ1n) is 5.07. The van der Waals surface area contributed by atoms with Crippen molar-refractivity contribution in [2.45, 2.75) is 6.61 Å². The van der Waals surface area contributed by atoms with Crippen molar-refractivity contribution in [2.24, 2.45) is 5.11 Å². The second-order valence-corrected chi connectivity index (χ2v) is 3.27. The van der Waals surface area contributed by atoms with E-state index >= 15 is 0 Å². The van der Waals surface area contributed by atoms with Crippen LogP contribution in [0.15, 0.2) is 53.8 Å². The highest BCUT2D eigenvalue weighted by molar-refractivity contribution is 5.51. The molecule has 0 fully saturated rings. The van der Waals surface area contributed by atoms with Crippen LogP contribution in [0.5, 0.6) is 5.75 Å². The van der Waals surface area contributed by atoms with E-state index in [9.17, 15) is 0 Å². The number of benzene rings is 1. The van der Waals surface area contributed by atoms with Gasteiger partial charge in [0, 0.05) is 11.1 Å². The van der Waals surface area contributed by atoms with E-state index in [1.807, 2.05) is 24.3 Å². The Hall–Kier alpha value is -2.52. The van der Waals surface area contributed by atoms with E-state index in [0.717, 1.165) is 5.69 Å². The van der Waals surface area contributed by atoms with Crippen molar-refractivity contribution in [1.82, 2.24) is 4.98 Å². The van der Waals surface area contributed by atoms with Crippen LogP contribution in [0, 0.1) is 0 Å². The Balaban J connectivity index is 2.11. The predicted octanol–water partition coefficient (Wildman–Crippen LogP) is 3.60. The fraction of sp³-hybridized carbons (Fsp3) is 0.0833. The Morgan fingerprint density at radius 1 is 1.18 bits per heavy atom. The quantitative estimate of drug-likeness (QED) is 0.454. The summed E-state index contributed by atoms with van der Waals surface area (Å²) in [5, 5.41) is 3.55. The average molecular weight is 226 g/mol. The molecule has 0 amide bonds. The van der Waals surface area contributed by atoms with Crippen molar-refractivity contribution in [3.8, 4) is 5.75 Å². The summed E-state index contributed by atoms with van der Waals surface area (Å²) in [6.07, 6.45) is 1.71. The summed E-state index contributed by atoms with van der Waals surface area (Å²) >= 11 is 0. The van der Waals surface area contributed by atoms with Crippen LogP contribution in [0.4, 0.5) is 5.69 Å². The number of aromatic nitrogens is 1. The van der Waals surface area contributed by atoms with Gasteiger partial charge in [-0.2, -0.15) is 0 Å². The topological polar surface area (TPSA) is 70.9 Å². The average Bonchev–Trinajstić information content (AvgIpc) is 2.39. The van der Waals surface area contributed by atoms with Crippen molar-refractivity contribution < 1.29 is 4.74 Å². The first kappa shape index (κ1) is 11.0. The molecule has 0 unspecified atom stereocenters. The molecule has 0 radical (unpaired) electrons. The standard InChI is InChI=1S/C12H10N4O/c13-16-15-11-6-1-2-7-12(11)17-9-10-5-3-4-8-14-10/h1-8H,9H2. The lowest BCUT2D eigenvalue weighted by atomic mass is 10.3. The zero-order valence-corrected chi connectivity index (χ0v) is 9.02. The van der Waals surface area contributed by atoms with E-state index < -0.39 is 0 Å². The molecule has 5 nitrogen and oxygen atoms in total. The molecular formula is C12H10N4O. The molecule has 17 heavy (non-hydrogen) atoms. The van der Waals surface area contributed by atoms with Gasteiger partial charge in [0.25, 0.3) is 0 Å². The molecule has 0 saturated carbocycles. The fourth-order valence-electron chi connectivity index (χ4n) is 1.35. The van der Waals surface area contributed by atoms with Gasteiger partial charge < -0.3 is 4.74 Å². The van der Waals surface area contributed by atoms with Gasteiger partial charge in [0.1, 0.15) is 12.4 Å². The number of hydrogen-bond acceptors (Lipinski definition) is 3. The molecule has 0 aliphatic carbocycles. The summed E-state index contributed by atoms with van der Waals surface area (Å²) in [5.41, 5.74) is 9.72. The number of hydrogen-bond donors (Lipinski definition) is 0. The number of ether oxygens (including phenoxy) is 1. The van der Waals surface area contributed by atoms with Crippen molar-refractivity contribution in [1.29, 1.82) is 0 Å². The summed E-state index contributed by atoms with van der Waals surface area (Å²) in [5.74, 6) is 0.552. The van der Waals surface area contributed by atoms with Crippen molar-refractivity contribution >= 4 is 5.69 Å². The summed E-state index contributed by atoms with van der Waals surface area (Å²) in [6.45, 7) is 0.346. The molecule has 0 aliphatic heterocycles. The molecule has 1 aromatic carbocycles. The Bertz CT molecular complexity index is 535. The molecule has 0 N–H and O–H groups in total. The Morgan fingerprint density at radius 2 is 2.00 bits per heavy atom. The summed E-state index contributed by atoms with van der Waals surface area (Å²) < 4.78 is 5.55. The number of rotatable bonds is 4. The van der Waals surface area contributed by atoms with Gasteiger partial charge in [-0.15, -0.1) is 0 Å². The lowest BCUT2D eigenvalue weighted by Gasteiger charge is -2.07. The van der Waals surface area contributed by atoms with Gasteiger partial charge in [-0.25, -0.2) is 0 Å². The summed E-state index contributed by atoms with van der Waals surface area (Å²) in [6, 6.07) is 12.7. The third-order valence-electron chi connectivity index (χ3n) is 2.12. The van der Waals surface area contributed by atoms with E-state index in [0.29, 0.717) is 18.0 Å². The van der Waals surface area contributed by atoms with E-state index in [-0.39, 0.29) is 0 Å². The maximum atomic E-state index is 8.42. The van der Waals surface area contributed by atoms with Crippen molar-refractivity contribution in [3.63, 3.8) is 0 Å². The van der Waals surface area contributed by atoms with Crippen molar-refractivity contribution in [3.05, 3.63) is 64.8 Å². The third kappa shape index (κ3) is 2.96. The molecule has 5 heteroatoms. The number of azide groups is 1. The molecule has 84 valence electrons. The Morgan fingerprint density at radius 3 is 2.76 bits per heavy atom. The highest BCUT2D eigenvalue weighted by Gasteiger charge is 2.01. The first-order chi connectivity index (χ1) is 8.40. The molecule has 1 heterocycles. The number of para-hydroxylation sites is 1. The molecule has 0 spiro atoms. The van der Waals surface area contributed by atoms with Gasteiger partial charge in [0.05, 0.1) is 11.4 Å². The van der Waals surface area contributed by atoms with E-state index in [1.54, 1.807) is 24.4 Å². The van der Waals surface area contributed by atoms with Gasteiger partial charge in [-0.05, 0) is 29.8 Å². The van der Waals surface area contributed by atoms with Crippen LogP contribution in [-0.2, 0) is 6.61 Å². The SMILES string of the molecule is [N-]=[N+]=Nc1ccccc1OCc1ccccn1. The molecule has 2 aromatic rings. The van der Waals surface area contributed by atoms with Gasteiger partial charge >= 0.3 is 0 Å². The van der Waals surface area contributed by atoms with Crippen LogP contribution >= 0.6 is 0 Å². The monoisotopic (exact) mass is 226 g/mol. The minimum atomic E-state index is 0.346. The molecule has 0 atom stereocenters. The second-order valence-electron chi connectivity index (χ2n) is 3.27. The second kappa shape index (κ2) is 5.53. The Kier molecular flexibility index (Phi) is 3.57. The highest BCUT2D eigenvalue weighted by atomic mass is 16.5. The minimum absolute atomic E-state index is 0.346. The van der Waals surface area contributed by atoms with E-state index in [2.05, 4.69) is 15.0 Å². The van der Waals surface area contributed by atoms with Crippen LogP contribution in [-0.4, -0.2) is 4.98 Å². The molecular weight excluding hydrogens is 216 g/mol. The number of pyridine rings is 1. The number of nitrogens with zero attached hydrogens (tertiary/aromatic N) is 4. The summed E-state index contributed by atoms with van der Waals surface area (Å²) in [4.78, 5) is 6.89. The predicted molar refractivity (Wildman–Crippen MR) is 63.8 cm³/mol. The van der Waals surface area contributed by atoms with Gasteiger partial charge in [0.15, 0.2) is 0 Å². The molecule has 0 saturated heterocycles. The van der Waals surface area contributed by atoms with Crippen LogP contribution in [0.1, 0.15) is 5.69 Å². The molecule has 0 bridgehead atoms. The van der Waals surface area contributed by atoms with Crippen molar-refractivity contribution in [2.75, 3.05) is 0 Å². The first-order valence-corrected chi connectivity index (χ1v) is 5.07. The molecule has 0 aliphatic rings. The lowest BCUT2D eigenvalue weighted by Crippen LogP contribution is -1.97. The zero-order valence-electron chi connectivity index (χ0n) is 9.02. The van der Waals surface area contributed by atoms with E-state index in [4.69, 9.17) is 10.3 Å². The summed E-state index contributed by atoms with van der Waals surface area (Å²) in [7, 11) is 0.